The Hall–Kier alpha value is -2.70. The number of aromatic nitrogens is 1. The SMILES string of the molecule is CCNC(=O)CNC(=O)c1ncccc1/C=C/C(=O)O. The summed E-state index contributed by atoms with van der Waals surface area (Å²) in [5.74, 6) is -1.97. The molecule has 0 spiro atoms. The van der Waals surface area contributed by atoms with Crippen molar-refractivity contribution < 1.29 is 19.5 Å². The summed E-state index contributed by atoms with van der Waals surface area (Å²) in [5.41, 5.74) is 0.428. The molecule has 106 valence electrons. The number of nitrogens with one attached hydrogen (secondary N) is 2. The van der Waals surface area contributed by atoms with E-state index in [1.165, 1.54) is 12.3 Å². The summed E-state index contributed by atoms with van der Waals surface area (Å²) in [6.45, 7) is 2.09. The van der Waals surface area contributed by atoms with Crippen molar-refractivity contribution in [2.24, 2.45) is 0 Å². The van der Waals surface area contributed by atoms with Gasteiger partial charge in [0.15, 0.2) is 0 Å². The van der Waals surface area contributed by atoms with Gasteiger partial charge in [0.05, 0.1) is 6.54 Å². The van der Waals surface area contributed by atoms with Gasteiger partial charge in [-0.2, -0.15) is 0 Å². The van der Waals surface area contributed by atoms with Crippen LogP contribution >= 0.6 is 0 Å². The Bertz CT molecular complexity index is 540. The van der Waals surface area contributed by atoms with E-state index in [0.717, 1.165) is 6.08 Å². The number of carbonyl (C=O) groups excluding carboxylic acids is 2. The molecule has 0 fully saturated rings. The van der Waals surface area contributed by atoms with Crippen LogP contribution in [0.4, 0.5) is 0 Å². The Morgan fingerprint density at radius 2 is 2.10 bits per heavy atom. The normalized spacial score (nSPS) is 10.2. The predicted molar refractivity (Wildman–Crippen MR) is 71.9 cm³/mol. The number of aliphatic carboxylic acids is 1. The third kappa shape index (κ3) is 4.89. The molecule has 0 aliphatic heterocycles. The zero-order chi connectivity index (χ0) is 15.0. The van der Waals surface area contributed by atoms with Crippen LogP contribution in [-0.2, 0) is 9.59 Å². The van der Waals surface area contributed by atoms with Gasteiger partial charge in [0.2, 0.25) is 5.91 Å². The summed E-state index contributed by atoms with van der Waals surface area (Å²) in [7, 11) is 0. The van der Waals surface area contributed by atoms with Crippen LogP contribution in [0.25, 0.3) is 6.08 Å². The van der Waals surface area contributed by atoms with Crippen LogP contribution in [0, 0.1) is 0 Å². The van der Waals surface area contributed by atoms with Crippen LogP contribution in [0.2, 0.25) is 0 Å². The molecule has 0 unspecified atom stereocenters. The molecule has 2 amide bonds. The Labute approximate surface area is 115 Å². The number of hydrogen-bond acceptors (Lipinski definition) is 4. The fourth-order valence-electron chi connectivity index (χ4n) is 1.41. The number of hydrogen-bond donors (Lipinski definition) is 3. The molecule has 0 radical (unpaired) electrons. The number of nitrogens with zero attached hydrogens (tertiary/aromatic N) is 1. The summed E-state index contributed by atoms with van der Waals surface area (Å²) in [6.07, 6.45) is 3.60. The summed E-state index contributed by atoms with van der Waals surface area (Å²) >= 11 is 0. The molecule has 0 saturated heterocycles. The lowest BCUT2D eigenvalue weighted by Crippen LogP contribution is -2.37. The molecular weight excluding hydrogens is 262 g/mol. The van der Waals surface area contributed by atoms with E-state index in [9.17, 15) is 14.4 Å². The van der Waals surface area contributed by atoms with Crippen molar-refractivity contribution in [3.63, 3.8) is 0 Å². The number of carboxylic acids is 1. The average molecular weight is 277 g/mol. The molecule has 0 aliphatic carbocycles. The van der Waals surface area contributed by atoms with Crippen molar-refractivity contribution in [2.75, 3.05) is 13.1 Å². The lowest BCUT2D eigenvalue weighted by Gasteiger charge is -2.06. The number of carboxylic acid groups (broad SMARTS) is 1. The van der Waals surface area contributed by atoms with E-state index in [2.05, 4.69) is 15.6 Å². The highest BCUT2D eigenvalue weighted by Gasteiger charge is 2.12. The fourth-order valence-corrected chi connectivity index (χ4v) is 1.41. The quantitative estimate of drug-likeness (QED) is 0.636. The van der Waals surface area contributed by atoms with Gasteiger partial charge in [-0.15, -0.1) is 0 Å². The maximum atomic E-state index is 11.9. The molecule has 7 nitrogen and oxygen atoms in total. The van der Waals surface area contributed by atoms with Gasteiger partial charge in [-0.1, -0.05) is 6.07 Å². The lowest BCUT2D eigenvalue weighted by atomic mass is 10.1. The number of amides is 2. The first-order chi connectivity index (χ1) is 9.54. The number of pyridine rings is 1. The smallest absolute Gasteiger partial charge is 0.328 e. The summed E-state index contributed by atoms with van der Waals surface area (Å²) in [5, 5.41) is 13.5. The van der Waals surface area contributed by atoms with Gasteiger partial charge in [0.1, 0.15) is 5.69 Å². The standard InChI is InChI=1S/C13H15N3O4/c1-2-14-10(17)8-16-13(20)12-9(4-3-7-15-12)5-6-11(18)19/h3-7H,2,8H2,1H3,(H,14,17)(H,16,20)(H,18,19)/b6-5+. The van der Waals surface area contributed by atoms with Crippen LogP contribution in [0.15, 0.2) is 24.4 Å². The van der Waals surface area contributed by atoms with E-state index >= 15 is 0 Å². The molecule has 7 heteroatoms. The Balaban J connectivity index is 2.77. The number of likely N-dealkylation sites (N-methyl/N-ethyl adjacent to an activating group) is 1. The second-order valence-electron chi connectivity index (χ2n) is 3.75. The minimum atomic E-state index is -1.12. The monoisotopic (exact) mass is 277 g/mol. The van der Waals surface area contributed by atoms with Gasteiger partial charge in [0, 0.05) is 24.4 Å². The molecule has 0 aliphatic rings. The summed E-state index contributed by atoms with van der Waals surface area (Å²) < 4.78 is 0. The zero-order valence-electron chi connectivity index (χ0n) is 10.9. The van der Waals surface area contributed by atoms with E-state index in [1.807, 2.05) is 0 Å². The van der Waals surface area contributed by atoms with E-state index in [-0.39, 0.29) is 18.1 Å². The van der Waals surface area contributed by atoms with Crippen LogP contribution in [0.5, 0.6) is 0 Å². The molecule has 1 heterocycles. The van der Waals surface area contributed by atoms with Gasteiger partial charge < -0.3 is 15.7 Å². The topological polar surface area (TPSA) is 108 Å². The molecule has 0 bridgehead atoms. The maximum absolute atomic E-state index is 11.9. The van der Waals surface area contributed by atoms with E-state index in [0.29, 0.717) is 12.1 Å². The molecule has 0 atom stereocenters. The highest BCUT2D eigenvalue weighted by atomic mass is 16.4. The highest BCUT2D eigenvalue weighted by Crippen LogP contribution is 2.07. The molecule has 1 aromatic heterocycles. The summed E-state index contributed by atoms with van der Waals surface area (Å²) in [6, 6.07) is 3.15. The van der Waals surface area contributed by atoms with Crippen molar-refractivity contribution in [2.45, 2.75) is 6.92 Å². The van der Waals surface area contributed by atoms with Crippen LogP contribution in [0.1, 0.15) is 23.0 Å². The predicted octanol–water partition coefficient (Wildman–Crippen LogP) is 0.0453. The minimum Gasteiger partial charge on any atom is -0.478 e. The fraction of sp³-hybridized carbons (Fsp3) is 0.231. The van der Waals surface area contributed by atoms with Gasteiger partial charge in [-0.25, -0.2) is 4.79 Å². The zero-order valence-corrected chi connectivity index (χ0v) is 10.9. The Kier molecular flexibility index (Phi) is 5.89. The summed E-state index contributed by atoms with van der Waals surface area (Å²) in [4.78, 5) is 37.5. The second kappa shape index (κ2) is 7.67. The second-order valence-corrected chi connectivity index (χ2v) is 3.75. The van der Waals surface area contributed by atoms with Gasteiger partial charge in [-0.3, -0.25) is 14.6 Å². The molecule has 0 aromatic carbocycles. The van der Waals surface area contributed by atoms with Crippen molar-refractivity contribution >= 4 is 23.9 Å². The number of rotatable bonds is 6. The molecule has 0 saturated carbocycles. The maximum Gasteiger partial charge on any atom is 0.328 e. The third-order valence-corrected chi connectivity index (χ3v) is 2.24. The molecule has 1 rings (SSSR count). The first-order valence-corrected chi connectivity index (χ1v) is 5.95. The third-order valence-electron chi connectivity index (χ3n) is 2.24. The molecule has 3 N–H and O–H groups in total. The molecule has 20 heavy (non-hydrogen) atoms. The van der Waals surface area contributed by atoms with E-state index < -0.39 is 11.9 Å². The largest absolute Gasteiger partial charge is 0.478 e. The first kappa shape index (κ1) is 15.4. The van der Waals surface area contributed by atoms with E-state index in [1.54, 1.807) is 19.1 Å². The molecular formula is C13H15N3O4. The number of carbonyl (C=O) groups is 3. The van der Waals surface area contributed by atoms with Crippen molar-refractivity contribution in [1.29, 1.82) is 0 Å². The Morgan fingerprint density at radius 1 is 1.35 bits per heavy atom. The van der Waals surface area contributed by atoms with E-state index in [4.69, 9.17) is 5.11 Å². The van der Waals surface area contributed by atoms with Crippen LogP contribution in [-0.4, -0.2) is 41.0 Å². The van der Waals surface area contributed by atoms with Crippen LogP contribution < -0.4 is 10.6 Å². The molecule has 1 aromatic rings. The van der Waals surface area contributed by atoms with Gasteiger partial charge in [0.25, 0.3) is 5.91 Å². The Morgan fingerprint density at radius 3 is 2.75 bits per heavy atom. The van der Waals surface area contributed by atoms with Crippen molar-refractivity contribution in [3.05, 3.63) is 35.7 Å². The van der Waals surface area contributed by atoms with Crippen LogP contribution in [0.3, 0.4) is 0 Å². The highest BCUT2D eigenvalue weighted by molar-refractivity contribution is 5.98. The average Bonchev–Trinajstić information content (AvgIpc) is 2.43. The van der Waals surface area contributed by atoms with Crippen molar-refractivity contribution in [3.8, 4) is 0 Å². The van der Waals surface area contributed by atoms with Crippen molar-refractivity contribution in [1.82, 2.24) is 15.6 Å². The van der Waals surface area contributed by atoms with Gasteiger partial charge in [-0.05, 0) is 19.1 Å². The van der Waals surface area contributed by atoms with Gasteiger partial charge >= 0.3 is 5.97 Å². The first-order valence-electron chi connectivity index (χ1n) is 5.95. The lowest BCUT2D eigenvalue weighted by molar-refractivity contribution is -0.131. The minimum absolute atomic E-state index is 0.0642.